The van der Waals surface area contributed by atoms with Crippen molar-refractivity contribution in [2.75, 3.05) is 32.5 Å². The largest absolute Gasteiger partial charge is 0.495 e. The van der Waals surface area contributed by atoms with Crippen LogP contribution < -0.4 is 26.8 Å². The molecule has 2 saturated heterocycles. The van der Waals surface area contributed by atoms with Gasteiger partial charge < -0.3 is 36.8 Å². The third kappa shape index (κ3) is 9.40. The number of amides is 2. The average Bonchev–Trinajstić information content (AvgIpc) is 3.73. The Morgan fingerprint density at radius 2 is 2.00 bits per heavy atom. The Bertz CT molecular complexity index is 1740. The predicted molar refractivity (Wildman–Crippen MR) is 168 cm³/mol. The number of methoxy groups -OCH3 is 1. The quantitative estimate of drug-likeness (QED) is 0.0385. The highest BCUT2D eigenvalue weighted by molar-refractivity contribution is 7.84. The molecule has 23 heteroatoms. The highest BCUT2D eigenvalue weighted by atomic mass is 32.2. The van der Waals surface area contributed by atoms with E-state index in [1.54, 1.807) is 13.3 Å². The van der Waals surface area contributed by atoms with Crippen LogP contribution >= 0.6 is 11.3 Å². The van der Waals surface area contributed by atoms with Crippen LogP contribution in [0.4, 0.5) is 5.13 Å². The third-order valence-electron chi connectivity index (χ3n) is 6.73. The summed E-state index contributed by atoms with van der Waals surface area (Å²) in [6, 6.07) is 1.38. The molecular formula is C25H32N12O9S2. The van der Waals surface area contributed by atoms with Gasteiger partial charge in [0.2, 0.25) is 6.61 Å². The van der Waals surface area contributed by atoms with Crippen molar-refractivity contribution >= 4 is 56.1 Å². The van der Waals surface area contributed by atoms with Crippen molar-refractivity contribution in [2.45, 2.75) is 37.5 Å². The summed E-state index contributed by atoms with van der Waals surface area (Å²) in [5.41, 5.74) is 11.6. The van der Waals surface area contributed by atoms with E-state index < -0.39 is 52.5 Å². The molecule has 5 rings (SSSR count). The first-order valence-electron chi connectivity index (χ1n) is 14.0. The molecule has 2 fully saturated rings. The van der Waals surface area contributed by atoms with Crippen LogP contribution in [0.2, 0.25) is 0 Å². The van der Waals surface area contributed by atoms with Gasteiger partial charge in [-0.25, -0.2) is 24.1 Å². The number of aliphatic imine (C=N–C) groups is 1. The number of nitrogens with zero attached hydrogens (tertiary/aromatic N) is 8. The molecule has 3 aromatic heterocycles. The fourth-order valence-corrected chi connectivity index (χ4v) is 5.89. The number of β-lactam (4-membered cyclic amide) rings is 1. The molecule has 258 valence electrons. The normalized spacial score (nSPS) is 18.7. The minimum atomic E-state index is -4.91. The molecule has 8 N–H and O–H groups in total. The molecule has 2 aliphatic heterocycles. The molecule has 0 radical (unpaired) electrons. The number of thiazole rings is 1. The number of carbonyl (C=O) groups excluding carboxylic acids is 2. The molecule has 48 heavy (non-hydrogen) atoms. The van der Waals surface area contributed by atoms with Gasteiger partial charge in [-0.1, -0.05) is 5.16 Å². The van der Waals surface area contributed by atoms with Gasteiger partial charge in [-0.15, -0.1) is 11.3 Å². The van der Waals surface area contributed by atoms with Crippen LogP contribution in [0.25, 0.3) is 0 Å². The number of oxime groups is 1. The number of aliphatic carboxylic acids is 1. The lowest BCUT2D eigenvalue weighted by Gasteiger charge is -2.43. The van der Waals surface area contributed by atoms with Crippen molar-refractivity contribution in [1.29, 1.82) is 0 Å². The molecule has 0 saturated carbocycles. The molecule has 0 bridgehead atoms. The van der Waals surface area contributed by atoms with Crippen LogP contribution in [-0.4, -0.2) is 121 Å². The summed E-state index contributed by atoms with van der Waals surface area (Å²) >= 11 is 0.964. The summed E-state index contributed by atoms with van der Waals surface area (Å²) in [6.07, 6.45) is 6.14. The van der Waals surface area contributed by atoms with E-state index in [1.165, 1.54) is 22.7 Å². The van der Waals surface area contributed by atoms with Crippen molar-refractivity contribution in [3.63, 3.8) is 0 Å². The second-order valence-corrected chi connectivity index (χ2v) is 12.2. The van der Waals surface area contributed by atoms with Crippen molar-refractivity contribution < 1.29 is 42.0 Å². The smallest absolute Gasteiger partial charge is 0.362 e. The number of piperidine rings is 1. The fraction of sp³-hybridized carbons (Fsp3) is 0.400. The summed E-state index contributed by atoms with van der Waals surface area (Å²) in [7, 11) is -3.29. The number of hydrogen-bond donors (Lipinski definition) is 6. The zero-order chi connectivity index (χ0) is 34.8. The minimum absolute atomic E-state index is 0.0587. The maximum absolute atomic E-state index is 12.7. The van der Waals surface area contributed by atoms with Crippen molar-refractivity contribution in [3.8, 4) is 5.75 Å². The zero-order valence-electron chi connectivity index (χ0n) is 25.2. The molecule has 2 amide bonds. The topological polar surface area (TPSA) is 305 Å². The molecule has 3 aromatic rings. The van der Waals surface area contributed by atoms with Gasteiger partial charge in [0.15, 0.2) is 10.8 Å². The van der Waals surface area contributed by atoms with E-state index in [4.69, 9.17) is 21.3 Å². The number of rotatable bonds is 12. The fourth-order valence-electron chi connectivity index (χ4n) is 4.47. The first kappa shape index (κ1) is 35.6. The van der Waals surface area contributed by atoms with E-state index in [1.807, 2.05) is 12.1 Å². The van der Waals surface area contributed by atoms with Gasteiger partial charge in [0.1, 0.15) is 41.7 Å². The zero-order valence-corrected chi connectivity index (χ0v) is 26.9. The maximum Gasteiger partial charge on any atom is 0.362 e. The molecular weight excluding hydrogens is 676 g/mol. The lowest BCUT2D eigenvalue weighted by Crippen LogP contribution is -2.73. The van der Waals surface area contributed by atoms with E-state index in [0.29, 0.717) is 17.6 Å². The van der Waals surface area contributed by atoms with Gasteiger partial charge in [-0.3, -0.25) is 23.8 Å². The van der Waals surface area contributed by atoms with Gasteiger partial charge in [0.25, 0.3) is 11.8 Å². The van der Waals surface area contributed by atoms with Gasteiger partial charge in [-0.2, -0.15) is 13.5 Å². The van der Waals surface area contributed by atoms with Gasteiger partial charge >= 0.3 is 16.3 Å². The Morgan fingerprint density at radius 3 is 2.56 bits per heavy atom. The Hall–Kier alpha value is -5.26. The number of pyridine rings is 1. The van der Waals surface area contributed by atoms with Crippen LogP contribution in [0.5, 0.6) is 5.75 Å². The number of ether oxygens (including phenoxy) is 1. The first-order chi connectivity index (χ1) is 22.9. The van der Waals surface area contributed by atoms with Crippen LogP contribution in [0.1, 0.15) is 24.2 Å². The van der Waals surface area contributed by atoms with Crippen molar-refractivity contribution in [1.82, 2.24) is 39.7 Å². The van der Waals surface area contributed by atoms with Crippen molar-refractivity contribution in [3.05, 3.63) is 47.8 Å². The Labute approximate surface area is 276 Å². The second kappa shape index (κ2) is 16.0. The first-order valence-corrected chi connectivity index (χ1v) is 16.3. The number of anilines is 1. The number of amidine groups is 1. The summed E-state index contributed by atoms with van der Waals surface area (Å²) < 4.78 is 38.8. The van der Waals surface area contributed by atoms with Crippen LogP contribution in [0.3, 0.4) is 0 Å². The standard InChI is InChI=1S/C13H14N8O8S2.C12H18N4O/c14-13-17-6(3-30-13)9(19-29-2-8(22)23)11(24)18-10-7(1-20-5-15-4-16-20)21(12(10)25)31(26,27)28;1-17-10-2-3-11(15-8-10)12(13)16-9-4-6-14-7-5-9/h3-5,7,10H,1-2H2,(H2,14,17)(H,18,24)(H,22,23)(H,26,27,28);2-3,8-9,14H,4-7H2,1H3,(H2,13,16)/b19-9-;. The number of nitrogen functional groups attached to an aromatic ring is 1. The summed E-state index contributed by atoms with van der Waals surface area (Å²) in [4.78, 5) is 56.5. The number of carboxylic acid groups (broad SMARTS) is 1. The number of nitrogens with two attached hydrogens (primary N) is 2. The molecule has 0 spiro atoms. The molecule has 0 aromatic carbocycles. The van der Waals surface area contributed by atoms with Gasteiger partial charge in [0, 0.05) is 5.38 Å². The maximum atomic E-state index is 12.7. The molecule has 2 atom stereocenters. The number of carbonyl (C=O) groups is 3. The Morgan fingerprint density at radius 1 is 1.25 bits per heavy atom. The van der Waals surface area contributed by atoms with Crippen LogP contribution in [-0.2, 0) is 36.1 Å². The number of carboxylic acids is 1. The van der Waals surface area contributed by atoms with Gasteiger partial charge in [0.05, 0.1) is 31.9 Å². The van der Waals surface area contributed by atoms with E-state index in [-0.39, 0.29) is 21.7 Å². The molecule has 5 heterocycles. The van der Waals surface area contributed by atoms with E-state index in [9.17, 15) is 27.4 Å². The summed E-state index contributed by atoms with van der Waals surface area (Å²) in [5, 5.41) is 22.9. The molecule has 2 unspecified atom stereocenters. The SMILES string of the molecule is COc1ccc(C(N)=NC2CCNCC2)nc1.Nc1nc(/C(=N/OCC(=O)O)C(=O)NC2C(=O)N(S(=O)(=O)O)C2Cn2cncn2)cs1. The van der Waals surface area contributed by atoms with Crippen molar-refractivity contribution in [2.24, 2.45) is 15.9 Å². The molecule has 0 aliphatic carbocycles. The highest BCUT2D eigenvalue weighted by Gasteiger charge is 2.54. The lowest BCUT2D eigenvalue weighted by atomic mass is 9.98. The minimum Gasteiger partial charge on any atom is -0.495 e. The van der Waals surface area contributed by atoms with E-state index >= 15 is 0 Å². The summed E-state index contributed by atoms with van der Waals surface area (Å²) in [6.45, 7) is 0.946. The van der Waals surface area contributed by atoms with Crippen LogP contribution in [0, 0.1) is 0 Å². The van der Waals surface area contributed by atoms with Gasteiger partial charge in [-0.05, 0) is 38.1 Å². The lowest BCUT2D eigenvalue weighted by molar-refractivity contribution is -0.145. The average molecular weight is 709 g/mol. The van der Waals surface area contributed by atoms with E-state index in [2.05, 4.69) is 45.7 Å². The predicted octanol–water partition coefficient (Wildman–Crippen LogP) is -2.13. The highest BCUT2D eigenvalue weighted by Crippen LogP contribution is 2.25. The monoisotopic (exact) mass is 708 g/mol. The molecule has 2 aliphatic rings. The Balaban J connectivity index is 0.000000257. The third-order valence-corrected chi connectivity index (χ3v) is 8.36. The Kier molecular flexibility index (Phi) is 11.9. The van der Waals surface area contributed by atoms with Crippen LogP contribution in [0.15, 0.2) is 46.5 Å². The molecule has 21 nitrogen and oxygen atoms in total. The number of hydrogen-bond acceptors (Lipinski definition) is 16. The number of nitrogens with one attached hydrogen (secondary N) is 2. The second-order valence-electron chi connectivity index (χ2n) is 10.0. The number of aromatic nitrogens is 5. The summed E-state index contributed by atoms with van der Waals surface area (Å²) in [5.74, 6) is -2.24. The van der Waals surface area contributed by atoms with E-state index in [0.717, 1.165) is 43.0 Å².